The van der Waals surface area contributed by atoms with Crippen molar-refractivity contribution in [2.24, 2.45) is 11.0 Å². The Labute approximate surface area is 113 Å². The molecule has 5 heteroatoms. The quantitative estimate of drug-likeness (QED) is 0.670. The molecule has 0 spiro atoms. The summed E-state index contributed by atoms with van der Waals surface area (Å²) in [5, 5.41) is 3.95. The van der Waals surface area contributed by atoms with Gasteiger partial charge in [0.1, 0.15) is 5.76 Å². The summed E-state index contributed by atoms with van der Waals surface area (Å²) in [7, 11) is 3.81. The van der Waals surface area contributed by atoms with Gasteiger partial charge in [-0.2, -0.15) is 5.10 Å². The van der Waals surface area contributed by atoms with Crippen LogP contribution in [0.15, 0.2) is 21.7 Å². The number of anilines is 1. The molecule has 1 aliphatic rings. The molecule has 1 heterocycles. The minimum absolute atomic E-state index is 0.0235. The fourth-order valence-electron chi connectivity index (χ4n) is 2.27. The highest BCUT2D eigenvalue weighted by molar-refractivity contribution is 5.82. The summed E-state index contributed by atoms with van der Waals surface area (Å²) in [6, 6.07) is 3.69. The zero-order valence-corrected chi connectivity index (χ0v) is 11.6. The summed E-state index contributed by atoms with van der Waals surface area (Å²) in [5.74, 6) is 1.54. The van der Waals surface area contributed by atoms with E-state index in [2.05, 4.69) is 10.5 Å². The first-order valence-electron chi connectivity index (χ1n) is 6.77. The fourth-order valence-corrected chi connectivity index (χ4v) is 2.27. The minimum atomic E-state index is 0.0235. The third-order valence-corrected chi connectivity index (χ3v) is 3.40. The average Bonchev–Trinajstić information content (AvgIpc) is 2.89. The third kappa shape index (κ3) is 3.84. The van der Waals surface area contributed by atoms with E-state index < -0.39 is 0 Å². The molecule has 0 unspecified atom stereocenters. The Morgan fingerprint density at radius 1 is 1.37 bits per heavy atom. The van der Waals surface area contributed by atoms with Gasteiger partial charge in [0.2, 0.25) is 5.91 Å². The Morgan fingerprint density at radius 3 is 2.74 bits per heavy atom. The molecule has 2 rings (SSSR count). The molecule has 1 saturated carbocycles. The second-order valence-corrected chi connectivity index (χ2v) is 5.14. The van der Waals surface area contributed by atoms with Crippen LogP contribution in [0.5, 0.6) is 0 Å². The summed E-state index contributed by atoms with van der Waals surface area (Å²) in [6.45, 7) is 0. The van der Waals surface area contributed by atoms with Crippen LogP contribution in [-0.2, 0) is 4.79 Å². The molecule has 0 radical (unpaired) electrons. The maximum absolute atomic E-state index is 11.8. The van der Waals surface area contributed by atoms with Crippen molar-refractivity contribution in [3.05, 3.63) is 17.9 Å². The molecule has 1 aliphatic carbocycles. The lowest BCUT2D eigenvalue weighted by Crippen LogP contribution is -2.28. The lowest BCUT2D eigenvalue weighted by molar-refractivity contribution is -0.125. The Morgan fingerprint density at radius 2 is 2.11 bits per heavy atom. The second kappa shape index (κ2) is 6.41. The van der Waals surface area contributed by atoms with E-state index in [9.17, 15) is 4.79 Å². The van der Waals surface area contributed by atoms with E-state index in [-0.39, 0.29) is 11.8 Å². The van der Waals surface area contributed by atoms with Gasteiger partial charge in [0.15, 0.2) is 5.88 Å². The van der Waals surface area contributed by atoms with Crippen LogP contribution >= 0.6 is 0 Å². The van der Waals surface area contributed by atoms with Gasteiger partial charge in [0, 0.05) is 26.1 Å². The van der Waals surface area contributed by atoms with Crippen molar-refractivity contribution in [1.82, 2.24) is 5.43 Å². The zero-order chi connectivity index (χ0) is 13.7. The lowest BCUT2D eigenvalue weighted by atomic mass is 9.89. The molecule has 1 amide bonds. The highest BCUT2D eigenvalue weighted by Gasteiger charge is 2.20. The fraction of sp³-hybridized carbons (Fsp3) is 0.571. The molecule has 0 saturated heterocycles. The maximum Gasteiger partial charge on any atom is 0.243 e. The van der Waals surface area contributed by atoms with Gasteiger partial charge >= 0.3 is 0 Å². The number of carbonyl (C=O) groups is 1. The van der Waals surface area contributed by atoms with E-state index in [0.717, 1.165) is 31.6 Å². The van der Waals surface area contributed by atoms with E-state index in [0.29, 0.717) is 5.76 Å². The zero-order valence-electron chi connectivity index (χ0n) is 11.6. The van der Waals surface area contributed by atoms with Crippen molar-refractivity contribution in [1.29, 1.82) is 0 Å². The first-order valence-corrected chi connectivity index (χ1v) is 6.77. The van der Waals surface area contributed by atoms with E-state index in [4.69, 9.17) is 4.42 Å². The predicted octanol–water partition coefficient (Wildman–Crippen LogP) is 2.38. The van der Waals surface area contributed by atoms with Crippen molar-refractivity contribution in [3.8, 4) is 0 Å². The average molecular weight is 263 g/mol. The van der Waals surface area contributed by atoms with E-state index in [1.165, 1.54) is 12.6 Å². The maximum atomic E-state index is 11.8. The van der Waals surface area contributed by atoms with Crippen LogP contribution in [0, 0.1) is 5.92 Å². The lowest BCUT2D eigenvalue weighted by Gasteiger charge is -2.19. The Hall–Kier alpha value is -1.78. The van der Waals surface area contributed by atoms with E-state index in [1.54, 1.807) is 0 Å². The summed E-state index contributed by atoms with van der Waals surface area (Å²) < 4.78 is 5.50. The molecule has 0 aliphatic heterocycles. The van der Waals surface area contributed by atoms with Gasteiger partial charge in [-0.15, -0.1) is 0 Å². The number of hydrogen-bond acceptors (Lipinski definition) is 4. The normalized spacial score (nSPS) is 16.7. The summed E-state index contributed by atoms with van der Waals surface area (Å²) in [5.41, 5.74) is 2.60. The summed E-state index contributed by atoms with van der Waals surface area (Å²) >= 11 is 0. The molecule has 0 bridgehead atoms. The third-order valence-electron chi connectivity index (χ3n) is 3.40. The molecule has 19 heavy (non-hydrogen) atoms. The SMILES string of the molecule is CN(C)c1ccc(/C=N\NC(=O)C2CCCCC2)o1. The Kier molecular flexibility index (Phi) is 4.60. The van der Waals surface area contributed by atoms with Gasteiger partial charge in [-0.3, -0.25) is 4.79 Å². The minimum Gasteiger partial charge on any atom is -0.440 e. The van der Waals surface area contributed by atoms with Crippen LogP contribution in [0.1, 0.15) is 37.9 Å². The summed E-state index contributed by atoms with van der Waals surface area (Å²) in [6.07, 6.45) is 7.03. The van der Waals surface area contributed by atoms with E-state index in [1.807, 2.05) is 31.1 Å². The van der Waals surface area contributed by atoms with Crippen molar-refractivity contribution in [2.45, 2.75) is 32.1 Å². The molecule has 1 aromatic heterocycles. The molecule has 5 nitrogen and oxygen atoms in total. The van der Waals surface area contributed by atoms with Crippen LogP contribution in [0.3, 0.4) is 0 Å². The monoisotopic (exact) mass is 263 g/mol. The van der Waals surface area contributed by atoms with Gasteiger partial charge in [-0.25, -0.2) is 5.43 Å². The van der Waals surface area contributed by atoms with Crippen molar-refractivity contribution in [2.75, 3.05) is 19.0 Å². The van der Waals surface area contributed by atoms with E-state index >= 15 is 0 Å². The molecule has 1 aromatic rings. The molecular weight excluding hydrogens is 242 g/mol. The van der Waals surface area contributed by atoms with Crippen LogP contribution in [-0.4, -0.2) is 26.2 Å². The smallest absolute Gasteiger partial charge is 0.243 e. The van der Waals surface area contributed by atoms with Gasteiger partial charge in [0.25, 0.3) is 0 Å². The van der Waals surface area contributed by atoms with Gasteiger partial charge in [-0.05, 0) is 18.9 Å². The van der Waals surface area contributed by atoms with Crippen LogP contribution in [0.2, 0.25) is 0 Å². The molecule has 1 fully saturated rings. The number of furan rings is 1. The number of nitrogens with one attached hydrogen (secondary N) is 1. The molecular formula is C14H21N3O2. The van der Waals surface area contributed by atoms with Gasteiger partial charge in [0.05, 0.1) is 6.21 Å². The highest BCUT2D eigenvalue weighted by Crippen LogP contribution is 2.23. The molecule has 104 valence electrons. The number of amides is 1. The summed E-state index contributed by atoms with van der Waals surface area (Å²) in [4.78, 5) is 13.7. The number of hydrazone groups is 1. The van der Waals surface area contributed by atoms with Crippen LogP contribution in [0.25, 0.3) is 0 Å². The van der Waals surface area contributed by atoms with Crippen LogP contribution < -0.4 is 10.3 Å². The Bertz CT molecular complexity index is 445. The number of carbonyl (C=O) groups excluding carboxylic acids is 1. The second-order valence-electron chi connectivity index (χ2n) is 5.14. The molecule has 1 N–H and O–H groups in total. The first kappa shape index (κ1) is 13.6. The van der Waals surface area contributed by atoms with Crippen molar-refractivity contribution >= 4 is 18.0 Å². The number of hydrogen-bond donors (Lipinski definition) is 1. The standard InChI is InChI=1S/C14H21N3O2/c1-17(2)13-9-8-12(19-13)10-15-16-14(18)11-6-4-3-5-7-11/h8-11H,3-7H2,1-2H3,(H,16,18)/b15-10-. The predicted molar refractivity (Wildman–Crippen MR) is 75.3 cm³/mol. The largest absolute Gasteiger partial charge is 0.440 e. The van der Waals surface area contributed by atoms with Gasteiger partial charge in [-0.1, -0.05) is 19.3 Å². The highest BCUT2D eigenvalue weighted by atomic mass is 16.4. The van der Waals surface area contributed by atoms with Crippen molar-refractivity contribution in [3.63, 3.8) is 0 Å². The van der Waals surface area contributed by atoms with Crippen LogP contribution in [0.4, 0.5) is 5.88 Å². The Balaban J connectivity index is 1.83. The number of rotatable bonds is 4. The topological polar surface area (TPSA) is 57.8 Å². The van der Waals surface area contributed by atoms with Crippen molar-refractivity contribution < 1.29 is 9.21 Å². The number of nitrogens with zero attached hydrogens (tertiary/aromatic N) is 2. The first-order chi connectivity index (χ1) is 9.16. The molecule has 0 atom stereocenters. The molecule has 0 aromatic carbocycles. The van der Waals surface area contributed by atoms with Gasteiger partial charge < -0.3 is 9.32 Å².